The Morgan fingerprint density at radius 2 is 2.18 bits per heavy atom. The number of guanidine groups is 1. The van der Waals surface area contributed by atoms with Gasteiger partial charge in [0.05, 0.1) is 0 Å². The Kier molecular flexibility index (Phi) is 9.85. The number of thioether (sulfide) groups is 1. The minimum absolute atomic E-state index is 0.0281. The normalized spacial score (nSPS) is 11.3. The van der Waals surface area contributed by atoms with Gasteiger partial charge in [-0.1, -0.05) is 23.9 Å². The van der Waals surface area contributed by atoms with Crippen molar-refractivity contribution in [1.29, 1.82) is 0 Å². The van der Waals surface area contributed by atoms with Crippen LogP contribution < -0.4 is 10.6 Å². The monoisotopic (exact) mass is 419 g/mol. The van der Waals surface area contributed by atoms with Crippen LogP contribution in [-0.4, -0.2) is 61.2 Å². The predicted molar refractivity (Wildman–Crippen MR) is 120 cm³/mol. The zero-order chi connectivity index (χ0) is 20.2. The van der Waals surface area contributed by atoms with Gasteiger partial charge in [-0.2, -0.15) is 0 Å². The van der Waals surface area contributed by atoms with E-state index in [2.05, 4.69) is 27.5 Å². The second kappa shape index (κ2) is 12.4. The summed E-state index contributed by atoms with van der Waals surface area (Å²) < 4.78 is 1.11. The van der Waals surface area contributed by atoms with Crippen molar-refractivity contribution < 1.29 is 4.79 Å². The second-order valence-corrected chi connectivity index (χ2v) is 8.57. The van der Waals surface area contributed by atoms with Gasteiger partial charge in [0.15, 0.2) is 5.96 Å². The van der Waals surface area contributed by atoms with Crippen molar-refractivity contribution in [2.75, 3.05) is 39.5 Å². The molecule has 0 fully saturated rings. The van der Waals surface area contributed by atoms with Gasteiger partial charge in [-0.3, -0.25) is 9.79 Å². The molecule has 0 aliphatic rings. The topological polar surface area (TPSA) is 69.6 Å². The number of carbonyl (C=O) groups is 1. The van der Waals surface area contributed by atoms with E-state index in [1.807, 2.05) is 35.8 Å². The van der Waals surface area contributed by atoms with Crippen LogP contribution in [0.2, 0.25) is 0 Å². The third kappa shape index (κ3) is 7.90. The fourth-order valence-corrected chi connectivity index (χ4v) is 4.11. The lowest BCUT2D eigenvalue weighted by molar-refractivity contribution is 0.0827. The van der Waals surface area contributed by atoms with E-state index in [0.717, 1.165) is 59.7 Å². The summed E-state index contributed by atoms with van der Waals surface area (Å²) in [6, 6.07) is 7.80. The highest BCUT2D eigenvalue weighted by molar-refractivity contribution is 8.00. The van der Waals surface area contributed by atoms with E-state index in [4.69, 9.17) is 0 Å². The van der Waals surface area contributed by atoms with E-state index in [0.29, 0.717) is 0 Å². The van der Waals surface area contributed by atoms with Crippen molar-refractivity contribution in [1.82, 2.24) is 20.5 Å². The van der Waals surface area contributed by atoms with Crippen molar-refractivity contribution in [3.8, 4) is 0 Å². The molecule has 1 amide bonds. The number of hydrogen-bond acceptors (Lipinski definition) is 5. The summed E-state index contributed by atoms with van der Waals surface area (Å²) in [5, 5.41) is 8.65. The van der Waals surface area contributed by atoms with Crippen LogP contribution in [0.3, 0.4) is 0 Å². The molecule has 0 saturated carbocycles. The highest BCUT2D eigenvalue weighted by atomic mass is 32.2. The van der Waals surface area contributed by atoms with Crippen LogP contribution in [0.15, 0.2) is 45.2 Å². The van der Waals surface area contributed by atoms with E-state index >= 15 is 0 Å². The average molecular weight is 420 g/mol. The maximum absolute atomic E-state index is 12.1. The summed E-state index contributed by atoms with van der Waals surface area (Å²) in [6.45, 7) is 4.43. The van der Waals surface area contributed by atoms with Gasteiger partial charge in [0.1, 0.15) is 4.34 Å². The fourth-order valence-electron chi connectivity index (χ4n) is 2.48. The van der Waals surface area contributed by atoms with E-state index in [-0.39, 0.29) is 5.91 Å². The van der Waals surface area contributed by atoms with Crippen LogP contribution in [0.5, 0.6) is 0 Å². The molecule has 1 aromatic heterocycles. The molecule has 0 spiro atoms. The molecule has 2 N–H and O–H groups in total. The molecule has 0 aliphatic heterocycles. The Morgan fingerprint density at radius 3 is 2.89 bits per heavy atom. The number of aliphatic imine (C=N–C) groups is 1. The van der Waals surface area contributed by atoms with Gasteiger partial charge < -0.3 is 15.5 Å². The van der Waals surface area contributed by atoms with Crippen LogP contribution in [0.1, 0.15) is 29.3 Å². The molecule has 2 rings (SSSR count). The number of carbonyl (C=O) groups excluding carboxylic acids is 1. The second-order valence-electron chi connectivity index (χ2n) is 6.34. The summed E-state index contributed by atoms with van der Waals surface area (Å²) in [7, 11) is 3.54. The first-order valence-electron chi connectivity index (χ1n) is 9.45. The Hall–Kier alpha value is -2.06. The zero-order valence-corrected chi connectivity index (χ0v) is 18.4. The van der Waals surface area contributed by atoms with Crippen molar-refractivity contribution >= 4 is 35.0 Å². The highest BCUT2D eigenvalue weighted by Crippen LogP contribution is 2.20. The summed E-state index contributed by atoms with van der Waals surface area (Å²) >= 11 is 3.46. The number of aromatic nitrogens is 1. The predicted octanol–water partition coefficient (Wildman–Crippen LogP) is 3.12. The van der Waals surface area contributed by atoms with E-state index in [1.165, 1.54) is 0 Å². The largest absolute Gasteiger partial charge is 0.357 e. The Balaban J connectivity index is 1.76. The summed E-state index contributed by atoms with van der Waals surface area (Å²) in [6.07, 6.45) is 3.68. The summed E-state index contributed by atoms with van der Waals surface area (Å²) in [5.41, 5.74) is 1.86. The Morgan fingerprint density at radius 1 is 1.32 bits per heavy atom. The van der Waals surface area contributed by atoms with Crippen LogP contribution in [0.4, 0.5) is 0 Å². The molecule has 0 unspecified atom stereocenters. The minimum atomic E-state index is 0.0281. The van der Waals surface area contributed by atoms with Crippen molar-refractivity contribution in [3.05, 3.63) is 47.0 Å². The maximum atomic E-state index is 12.1. The maximum Gasteiger partial charge on any atom is 0.253 e. The number of nitrogens with one attached hydrogen (secondary N) is 2. The smallest absolute Gasteiger partial charge is 0.253 e. The molecule has 0 atom stereocenters. The van der Waals surface area contributed by atoms with Crippen molar-refractivity contribution in [2.45, 2.75) is 24.1 Å². The Bertz CT molecular complexity index is 747. The molecule has 0 saturated heterocycles. The molecule has 8 heteroatoms. The standard InChI is InChI=1S/C20H29N5OS2/c1-4-21-19(22-10-6-13-27-20-24-12-14-28-20)23-11-9-16-7-5-8-17(15-16)18(26)25(2)3/h5,7-8,12,14-15H,4,6,9-11,13H2,1-3H3,(H2,21,22,23). The van der Waals surface area contributed by atoms with Gasteiger partial charge >= 0.3 is 0 Å². The number of thiazole rings is 1. The van der Waals surface area contributed by atoms with Gasteiger partial charge in [-0.25, -0.2) is 4.98 Å². The number of benzene rings is 1. The molecule has 0 radical (unpaired) electrons. The molecule has 1 aromatic carbocycles. The van der Waals surface area contributed by atoms with E-state index < -0.39 is 0 Å². The third-order valence-corrected chi connectivity index (χ3v) is 5.89. The first kappa shape index (κ1) is 22.2. The van der Waals surface area contributed by atoms with E-state index in [1.54, 1.807) is 42.1 Å². The number of hydrogen-bond donors (Lipinski definition) is 2. The van der Waals surface area contributed by atoms with Crippen LogP contribution in [0, 0.1) is 0 Å². The van der Waals surface area contributed by atoms with E-state index in [9.17, 15) is 4.79 Å². The quantitative estimate of drug-likeness (QED) is 0.268. The number of amides is 1. The zero-order valence-electron chi connectivity index (χ0n) is 16.8. The fraction of sp³-hybridized carbons (Fsp3) is 0.450. The lowest BCUT2D eigenvalue weighted by Gasteiger charge is -2.13. The minimum Gasteiger partial charge on any atom is -0.357 e. The highest BCUT2D eigenvalue weighted by Gasteiger charge is 2.08. The molecular formula is C20H29N5OS2. The van der Waals surface area contributed by atoms with Gasteiger partial charge in [-0.15, -0.1) is 11.3 Å². The Labute approximate surface area is 175 Å². The first-order chi connectivity index (χ1) is 13.6. The molecule has 28 heavy (non-hydrogen) atoms. The van der Waals surface area contributed by atoms with Gasteiger partial charge in [0.2, 0.25) is 0 Å². The van der Waals surface area contributed by atoms with Crippen LogP contribution in [-0.2, 0) is 6.42 Å². The lowest BCUT2D eigenvalue weighted by Crippen LogP contribution is -2.38. The number of rotatable bonds is 10. The van der Waals surface area contributed by atoms with Crippen LogP contribution >= 0.6 is 23.1 Å². The first-order valence-corrected chi connectivity index (χ1v) is 11.3. The molecule has 1 heterocycles. The average Bonchev–Trinajstić information content (AvgIpc) is 3.20. The van der Waals surface area contributed by atoms with Crippen LogP contribution in [0.25, 0.3) is 0 Å². The van der Waals surface area contributed by atoms with Gasteiger partial charge in [0.25, 0.3) is 5.91 Å². The summed E-state index contributed by atoms with van der Waals surface area (Å²) in [4.78, 5) is 22.6. The third-order valence-electron chi connectivity index (χ3n) is 3.84. The molecular weight excluding hydrogens is 390 g/mol. The SMILES string of the molecule is CCNC(=NCCCSc1nccs1)NCCc1cccc(C(=O)N(C)C)c1. The molecule has 2 aromatic rings. The summed E-state index contributed by atoms with van der Waals surface area (Å²) in [5.74, 6) is 1.88. The van der Waals surface area contributed by atoms with Crippen molar-refractivity contribution in [2.24, 2.45) is 4.99 Å². The molecule has 152 valence electrons. The molecule has 0 aliphatic carbocycles. The molecule has 6 nitrogen and oxygen atoms in total. The van der Waals surface area contributed by atoms with Gasteiger partial charge in [0, 0.05) is 56.6 Å². The number of nitrogens with zero attached hydrogens (tertiary/aromatic N) is 3. The lowest BCUT2D eigenvalue weighted by atomic mass is 10.1. The molecule has 0 bridgehead atoms. The van der Waals surface area contributed by atoms with Crippen molar-refractivity contribution in [3.63, 3.8) is 0 Å². The van der Waals surface area contributed by atoms with Gasteiger partial charge in [-0.05, 0) is 37.5 Å².